The van der Waals surface area contributed by atoms with Crippen molar-refractivity contribution in [3.05, 3.63) is 53.0 Å². The predicted octanol–water partition coefficient (Wildman–Crippen LogP) is 5.44. The number of ether oxygens (including phenoxy) is 1. The molecule has 9 nitrogen and oxygen atoms in total. The minimum atomic E-state index is -0.957. The van der Waals surface area contributed by atoms with E-state index in [1.807, 2.05) is 13.0 Å². The number of rotatable bonds is 8. The Morgan fingerprint density at radius 2 is 1.92 bits per heavy atom. The van der Waals surface area contributed by atoms with Crippen LogP contribution in [0.15, 0.2) is 24.8 Å². The second-order valence-corrected chi connectivity index (χ2v) is 16.3. The number of terminal acetylenes is 1. The largest absolute Gasteiger partial charge is 0.461 e. The van der Waals surface area contributed by atoms with Gasteiger partial charge in [0.25, 0.3) is 0 Å². The topological polar surface area (TPSA) is 94.1 Å². The summed E-state index contributed by atoms with van der Waals surface area (Å²) in [5.74, 6) is 2.91. The van der Waals surface area contributed by atoms with Crippen LogP contribution in [0.3, 0.4) is 0 Å². The molecule has 0 spiro atoms. The second-order valence-electron chi connectivity index (χ2n) is 16.3. The number of hydrogen-bond acceptors (Lipinski definition) is 8. The molecule has 1 unspecified atom stereocenters. The van der Waals surface area contributed by atoms with Crippen LogP contribution < -0.4 is 19.9 Å². The molecule has 1 saturated carbocycles. The molecule has 1 aromatic carbocycles. The number of benzene rings is 1. The molecule has 2 aliphatic carbocycles. The Hall–Kier alpha value is -3.75. The number of halogens is 2. The maximum atomic E-state index is 15.2. The summed E-state index contributed by atoms with van der Waals surface area (Å²) >= 11 is 0. The number of aryl methyl sites for hydroxylation is 1. The average Bonchev–Trinajstić information content (AvgIpc) is 3.26. The van der Waals surface area contributed by atoms with E-state index in [0.29, 0.717) is 44.3 Å². The Morgan fingerprint density at radius 3 is 2.69 bits per heavy atom. The van der Waals surface area contributed by atoms with Gasteiger partial charge in [-0.25, -0.2) is 8.78 Å². The summed E-state index contributed by atoms with van der Waals surface area (Å²) in [6.45, 7) is 10.4. The fraction of sp³-hybridized carbons (Fsp3) is 0.634. The molecule has 4 heterocycles. The molecule has 11 heteroatoms. The van der Waals surface area contributed by atoms with Crippen LogP contribution in [-0.4, -0.2) is 94.1 Å². The van der Waals surface area contributed by atoms with Gasteiger partial charge in [0.05, 0.1) is 28.1 Å². The molecule has 2 N–H and O–H groups in total. The van der Waals surface area contributed by atoms with Crippen LogP contribution in [0.25, 0.3) is 0 Å². The van der Waals surface area contributed by atoms with E-state index in [0.717, 1.165) is 99.2 Å². The summed E-state index contributed by atoms with van der Waals surface area (Å²) in [6.07, 6.45) is 16.5. The van der Waals surface area contributed by atoms with Gasteiger partial charge in [-0.3, -0.25) is 9.69 Å². The summed E-state index contributed by atoms with van der Waals surface area (Å²) in [5, 5.41) is 13.7. The number of aliphatic hydroxyl groups is 1. The molecule has 280 valence electrons. The monoisotopic (exact) mass is 716 g/mol. The van der Waals surface area contributed by atoms with Crippen LogP contribution in [-0.2, 0) is 24.1 Å². The fourth-order valence-electron chi connectivity index (χ4n) is 9.63. The van der Waals surface area contributed by atoms with Gasteiger partial charge >= 0.3 is 6.01 Å². The van der Waals surface area contributed by atoms with Gasteiger partial charge in [0.1, 0.15) is 24.4 Å². The van der Waals surface area contributed by atoms with Gasteiger partial charge in [0.2, 0.25) is 5.91 Å². The molecule has 3 fully saturated rings. The Morgan fingerprint density at radius 1 is 1.12 bits per heavy atom. The van der Waals surface area contributed by atoms with Crippen molar-refractivity contribution in [1.29, 1.82) is 0 Å². The number of nitrogens with zero attached hydrogens (tertiary/aromatic N) is 5. The highest BCUT2D eigenvalue weighted by molar-refractivity contribution is 5.87. The number of likely N-dealkylation sites (tertiary alicyclic amines) is 1. The fourth-order valence-corrected chi connectivity index (χ4v) is 9.63. The minimum Gasteiger partial charge on any atom is -0.461 e. The number of nitrogens with one attached hydrogen (secondary N) is 1. The van der Waals surface area contributed by atoms with E-state index in [4.69, 9.17) is 21.1 Å². The summed E-state index contributed by atoms with van der Waals surface area (Å²) in [5.41, 5.74) is 3.01. The molecular weight excluding hydrogens is 662 g/mol. The molecule has 4 atom stereocenters. The van der Waals surface area contributed by atoms with E-state index in [9.17, 15) is 9.90 Å². The highest BCUT2D eigenvalue weighted by Gasteiger charge is 2.48. The first-order valence-corrected chi connectivity index (χ1v) is 19.4. The second kappa shape index (κ2) is 14.9. The predicted molar refractivity (Wildman–Crippen MR) is 199 cm³/mol. The molecule has 52 heavy (non-hydrogen) atoms. The summed E-state index contributed by atoms with van der Waals surface area (Å²) < 4.78 is 36.7. The molecule has 0 bridgehead atoms. The number of carbonyl (C=O) groups excluding carboxylic acids is 1. The lowest BCUT2D eigenvalue weighted by Crippen LogP contribution is -2.53. The molecule has 1 amide bonds. The lowest BCUT2D eigenvalue weighted by molar-refractivity contribution is -0.117. The highest BCUT2D eigenvalue weighted by Crippen LogP contribution is 2.41. The van der Waals surface area contributed by atoms with Gasteiger partial charge < -0.3 is 25.0 Å². The van der Waals surface area contributed by atoms with Crippen molar-refractivity contribution in [2.75, 3.05) is 42.6 Å². The van der Waals surface area contributed by atoms with Crippen molar-refractivity contribution in [3.8, 4) is 18.4 Å². The zero-order valence-corrected chi connectivity index (χ0v) is 30.8. The molecule has 3 aliphatic heterocycles. The standard InChI is InChI=1S/C41H54F2N6O3/c1-5-32-34(43)15-12-27-10-9-21-48(37(27)32)31-13-14-33-35(22-31)45-39(46-38(33)47-20-8-7-11-29(25-47)44-36(50)6-2)52-26-40(3)23-28(42)24-49(40)30-16-18-41(4,51)19-17-30/h1,6,12,15,28-31,51H,2,7-11,13-14,16-26H2,3-4H3,(H,44,50)/t28-,29?,30?,31-,40+,41?/m1/s1. The van der Waals surface area contributed by atoms with Crippen LogP contribution in [0.1, 0.15) is 100 Å². The van der Waals surface area contributed by atoms with Crippen molar-refractivity contribution in [3.63, 3.8) is 0 Å². The van der Waals surface area contributed by atoms with Crippen LogP contribution in [0, 0.1) is 18.2 Å². The van der Waals surface area contributed by atoms with Gasteiger partial charge in [-0.15, -0.1) is 6.42 Å². The van der Waals surface area contributed by atoms with Crippen molar-refractivity contribution >= 4 is 17.4 Å². The van der Waals surface area contributed by atoms with Gasteiger partial charge in [-0.2, -0.15) is 9.97 Å². The first-order chi connectivity index (χ1) is 25.0. The van der Waals surface area contributed by atoms with Crippen LogP contribution in [0.2, 0.25) is 0 Å². The zero-order valence-electron chi connectivity index (χ0n) is 30.8. The van der Waals surface area contributed by atoms with Gasteiger partial charge in [-0.05, 0) is 102 Å². The van der Waals surface area contributed by atoms with E-state index in [2.05, 4.69) is 39.4 Å². The van der Waals surface area contributed by atoms with Crippen molar-refractivity contribution in [1.82, 2.24) is 20.2 Å². The maximum absolute atomic E-state index is 15.2. The smallest absolute Gasteiger partial charge is 0.318 e. The summed E-state index contributed by atoms with van der Waals surface area (Å²) in [6, 6.07) is 3.82. The van der Waals surface area contributed by atoms with Crippen molar-refractivity contribution < 1.29 is 23.4 Å². The van der Waals surface area contributed by atoms with E-state index in [1.54, 1.807) is 0 Å². The van der Waals surface area contributed by atoms with Crippen molar-refractivity contribution in [2.45, 2.75) is 133 Å². The number of aromatic nitrogens is 2. The number of fused-ring (bicyclic) bond motifs is 2. The van der Waals surface area contributed by atoms with Gasteiger partial charge in [0, 0.05) is 62.7 Å². The first kappa shape index (κ1) is 36.6. The first-order valence-electron chi connectivity index (χ1n) is 19.4. The molecule has 2 saturated heterocycles. The summed E-state index contributed by atoms with van der Waals surface area (Å²) in [4.78, 5) is 29.3. The summed E-state index contributed by atoms with van der Waals surface area (Å²) in [7, 11) is 0. The van der Waals surface area contributed by atoms with Crippen LogP contribution in [0.4, 0.5) is 20.3 Å². The van der Waals surface area contributed by atoms with Gasteiger partial charge in [0.15, 0.2) is 0 Å². The van der Waals surface area contributed by atoms with E-state index < -0.39 is 17.3 Å². The van der Waals surface area contributed by atoms with E-state index in [1.165, 1.54) is 12.1 Å². The molecular formula is C41H54F2N6O3. The molecule has 7 rings (SSSR count). The molecule has 1 aromatic heterocycles. The molecule has 2 aromatic rings. The Labute approximate surface area is 307 Å². The average molecular weight is 717 g/mol. The quantitative estimate of drug-likeness (QED) is 0.276. The number of carbonyl (C=O) groups is 1. The lowest BCUT2D eigenvalue weighted by atomic mass is 9.82. The van der Waals surface area contributed by atoms with E-state index >= 15 is 8.78 Å². The van der Waals surface area contributed by atoms with Gasteiger partial charge in [-0.1, -0.05) is 18.6 Å². The third-order valence-corrected chi connectivity index (χ3v) is 12.4. The van der Waals surface area contributed by atoms with Crippen molar-refractivity contribution in [2.24, 2.45) is 0 Å². The maximum Gasteiger partial charge on any atom is 0.318 e. The van der Waals surface area contributed by atoms with Crippen LogP contribution >= 0.6 is 0 Å². The third kappa shape index (κ3) is 7.52. The normalized spacial score (nSPS) is 30.8. The van der Waals surface area contributed by atoms with Crippen LogP contribution in [0.5, 0.6) is 6.01 Å². The molecule has 0 radical (unpaired) electrons. The minimum absolute atomic E-state index is 0.0510. The van der Waals surface area contributed by atoms with E-state index in [-0.39, 0.29) is 42.5 Å². The third-order valence-electron chi connectivity index (χ3n) is 12.4. The number of alkyl halides is 1. The molecule has 5 aliphatic rings. The Kier molecular flexibility index (Phi) is 10.5. The Bertz CT molecular complexity index is 1700. The number of anilines is 2. The lowest BCUT2D eigenvalue weighted by Gasteiger charge is -2.44. The zero-order chi connectivity index (χ0) is 36.6. The Balaban J connectivity index is 1.19. The number of amides is 1. The number of hydrogen-bond donors (Lipinski definition) is 2. The highest BCUT2D eigenvalue weighted by atomic mass is 19.1. The SMILES string of the molecule is C#Cc1c(F)ccc2c1N([C@@H]1CCc3c(nc(OC[C@]4(C)C[C@@H](F)CN4C4CCC(C)(O)CC4)nc3N3CCCCC(NC(=O)C=C)C3)C1)CCC2.